The van der Waals surface area contributed by atoms with Crippen LogP contribution < -0.4 is 15.2 Å². The molecule has 0 saturated carbocycles. The molecule has 14 heteroatoms. The Bertz CT molecular complexity index is 1730. The van der Waals surface area contributed by atoms with E-state index in [9.17, 15) is 26.3 Å². The van der Waals surface area contributed by atoms with E-state index in [-0.39, 0.29) is 28.6 Å². The highest BCUT2D eigenvalue weighted by molar-refractivity contribution is 5.94. The Morgan fingerprint density at radius 3 is 2.29 bits per heavy atom. The Kier molecular flexibility index (Phi) is 6.93. The van der Waals surface area contributed by atoms with Gasteiger partial charge in [-0.05, 0) is 42.8 Å². The van der Waals surface area contributed by atoms with E-state index >= 15 is 4.39 Å². The van der Waals surface area contributed by atoms with Crippen molar-refractivity contribution >= 4 is 16.7 Å². The van der Waals surface area contributed by atoms with Gasteiger partial charge in [-0.1, -0.05) is 18.2 Å². The Hall–Kier alpha value is -4.88. The molecule has 0 radical (unpaired) electrons. The second-order valence-corrected chi connectivity index (χ2v) is 8.79. The minimum Gasteiger partial charge on any atom is -0.466 e. The van der Waals surface area contributed by atoms with Crippen LogP contribution in [0.25, 0.3) is 28.0 Å². The van der Waals surface area contributed by atoms with Crippen molar-refractivity contribution in [3.63, 3.8) is 0 Å². The van der Waals surface area contributed by atoms with Gasteiger partial charge in [0.15, 0.2) is 18.2 Å². The van der Waals surface area contributed by atoms with Crippen LogP contribution in [0.15, 0.2) is 67.0 Å². The van der Waals surface area contributed by atoms with Crippen LogP contribution in [0, 0.1) is 12.7 Å². The lowest BCUT2D eigenvalue weighted by Gasteiger charge is -2.16. The number of fused-ring (bicyclic) bond motifs is 1. The second kappa shape index (κ2) is 10.3. The number of aromatic nitrogens is 4. The summed E-state index contributed by atoms with van der Waals surface area (Å²) in [5.74, 6) is -2.00. The quantitative estimate of drug-likeness (QED) is 0.169. The third kappa shape index (κ3) is 5.71. The summed E-state index contributed by atoms with van der Waals surface area (Å²) >= 11 is 0. The van der Waals surface area contributed by atoms with Crippen LogP contribution in [-0.2, 0) is 6.18 Å². The predicted octanol–water partition coefficient (Wildman–Crippen LogP) is 7.26. The first-order valence-electron chi connectivity index (χ1n) is 11.8. The lowest BCUT2D eigenvalue weighted by molar-refractivity contribution is -0.153. The number of nitrogens with two attached hydrogens (primary N) is 1. The van der Waals surface area contributed by atoms with Crippen LogP contribution in [0.5, 0.6) is 17.5 Å². The number of benzene rings is 2. The molecule has 41 heavy (non-hydrogen) atoms. The highest BCUT2D eigenvalue weighted by Crippen LogP contribution is 2.46. The molecule has 0 bridgehead atoms. The Morgan fingerprint density at radius 1 is 0.927 bits per heavy atom. The van der Waals surface area contributed by atoms with Crippen LogP contribution in [-0.4, -0.2) is 32.3 Å². The number of halogens is 7. The molecule has 0 saturated heterocycles. The highest BCUT2D eigenvalue weighted by atomic mass is 19.4. The zero-order valence-electron chi connectivity index (χ0n) is 20.9. The first kappa shape index (κ1) is 27.7. The fraction of sp³-hybridized carbons (Fsp3) is 0.148. The van der Waals surface area contributed by atoms with Crippen molar-refractivity contribution in [2.24, 2.45) is 0 Å². The van der Waals surface area contributed by atoms with Gasteiger partial charge >= 0.3 is 12.4 Å². The van der Waals surface area contributed by atoms with Gasteiger partial charge < -0.3 is 19.8 Å². The van der Waals surface area contributed by atoms with Crippen LogP contribution in [0.1, 0.15) is 11.3 Å². The largest absolute Gasteiger partial charge is 0.466 e. The monoisotopic (exact) mass is 577 g/mol. The second-order valence-electron chi connectivity index (χ2n) is 8.79. The summed E-state index contributed by atoms with van der Waals surface area (Å²) in [5, 5.41) is 0. The van der Waals surface area contributed by atoms with Gasteiger partial charge in [-0.15, -0.1) is 0 Å². The summed E-state index contributed by atoms with van der Waals surface area (Å²) in [4.78, 5) is 11.5. The van der Waals surface area contributed by atoms with Gasteiger partial charge in [-0.25, -0.2) is 14.4 Å². The Balaban J connectivity index is 1.78. The smallest absolute Gasteiger partial charge is 0.422 e. The topological polar surface area (TPSA) is 88.1 Å². The lowest BCUT2D eigenvalue weighted by Crippen LogP contribution is -2.20. The number of anilines is 1. The van der Waals surface area contributed by atoms with Crippen molar-refractivity contribution in [3.8, 4) is 34.5 Å². The first-order chi connectivity index (χ1) is 19.3. The predicted molar refractivity (Wildman–Crippen MR) is 134 cm³/mol. The molecule has 0 aliphatic rings. The molecular weight excluding hydrogens is 559 g/mol. The van der Waals surface area contributed by atoms with Gasteiger partial charge in [-0.3, -0.25) is 0 Å². The van der Waals surface area contributed by atoms with Crippen molar-refractivity contribution in [2.45, 2.75) is 19.3 Å². The first-order valence-corrected chi connectivity index (χ1v) is 11.8. The molecule has 7 nitrogen and oxygen atoms in total. The third-order valence-corrected chi connectivity index (χ3v) is 5.80. The number of hydrogen-bond donors (Lipinski definition) is 1. The minimum atomic E-state index is -5.05. The number of hydrogen-bond acceptors (Lipinski definition) is 6. The van der Waals surface area contributed by atoms with E-state index in [1.54, 1.807) is 19.1 Å². The number of ether oxygens (including phenoxy) is 2. The number of alkyl halides is 6. The molecule has 0 aliphatic heterocycles. The van der Waals surface area contributed by atoms with Crippen LogP contribution in [0.2, 0.25) is 0 Å². The molecule has 0 atom stereocenters. The van der Waals surface area contributed by atoms with Crippen molar-refractivity contribution in [1.29, 1.82) is 0 Å². The number of aryl methyl sites for hydroxylation is 1. The SMILES string of the molecule is Cc1cccc(Oc2ccc(-n3c(-c4ccc(N)cc4)c(C(F)(F)F)c4ncnc(OCC(F)(F)F)c43)cc2F)n1. The molecule has 2 N–H and O–H groups in total. The van der Waals surface area contributed by atoms with Crippen LogP contribution >= 0.6 is 0 Å². The maximum atomic E-state index is 15.3. The molecule has 212 valence electrons. The average Bonchev–Trinajstić information content (AvgIpc) is 3.25. The molecule has 0 unspecified atom stereocenters. The molecular formula is C27H18F7N5O2. The van der Waals surface area contributed by atoms with Crippen LogP contribution in [0.3, 0.4) is 0 Å². The van der Waals surface area contributed by atoms with Gasteiger partial charge in [0, 0.05) is 29.2 Å². The van der Waals surface area contributed by atoms with Gasteiger partial charge in [0.2, 0.25) is 11.8 Å². The summed E-state index contributed by atoms with van der Waals surface area (Å²) in [6.07, 6.45) is -9.21. The molecule has 2 aromatic carbocycles. The maximum absolute atomic E-state index is 15.3. The Labute approximate surface area is 227 Å². The van der Waals surface area contributed by atoms with E-state index in [2.05, 4.69) is 15.0 Å². The van der Waals surface area contributed by atoms with E-state index in [0.29, 0.717) is 12.0 Å². The van der Waals surface area contributed by atoms with Crippen molar-refractivity contribution < 1.29 is 40.2 Å². The fourth-order valence-corrected chi connectivity index (χ4v) is 4.18. The van der Waals surface area contributed by atoms with Gasteiger partial charge in [0.25, 0.3) is 0 Å². The molecule has 0 spiro atoms. The summed E-state index contributed by atoms with van der Waals surface area (Å²) in [5.41, 5.74) is 3.19. The minimum absolute atomic E-state index is 0.0315. The van der Waals surface area contributed by atoms with Crippen molar-refractivity contribution in [2.75, 3.05) is 12.3 Å². The molecule has 0 fully saturated rings. The van der Waals surface area contributed by atoms with Gasteiger partial charge in [0.1, 0.15) is 22.9 Å². The lowest BCUT2D eigenvalue weighted by atomic mass is 10.1. The van der Waals surface area contributed by atoms with Crippen molar-refractivity contribution in [1.82, 2.24) is 19.5 Å². The van der Waals surface area contributed by atoms with E-state index in [0.717, 1.165) is 16.7 Å². The fourth-order valence-electron chi connectivity index (χ4n) is 4.18. The molecule has 3 heterocycles. The number of rotatable bonds is 6. The number of pyridine rings is 1. The maximum Gasteiger partial charge on any atom is 0.422 e. The van der Waals surface area contributed by atoms with E-state index < -0.39 is 52.9 Å². The van der Waals surface area contributed by atoms with E-state index in [1.165, 1.54) is 36.4 Å². The molecule has 5 aromatic rings. The summed E-state index contributed by atoms with van der Waals surface area (Å²) in [6.45, 7) is -0.144. The zero-order valence-corrected chi connectivity index (χ0v) is 20.9. The molecule has 5 rings (SSSR count). The molecule has 3 aromatic heterocycles. The van der Waals surface area contributed by atoms with E-state index in [4.69, 9.17) is 15.2 Å². The van der Waals surface area contributed by atoms with E-state index in [1.807, 2.05) is 0 Å². The van der Waals surface area contributed by atoms with Crippen molar-refractivity contribution in [3.05, 3.63) is 84.1 Å². The van der Waals surface area contributed by atoms with Crippen LogP contribution in [0.4, 0.5) is 36.4 Å². The van der Waals surface area contributed by atoms with Gasteiger partial charge in [-0.2, -0.15) is 31.3 Å². The zero-order chi connectivity index (χ0) is 29.5. The number of nitrogen functional groups attached to an aromatic ring is 1. The number of nitrogens with zero attached hydrogens (tertiary/aromatic N) is 4. The third-order valence-electron chi connectivity index (χ3n) is 5.80. The molecule has 0 amide bonds. The standard InChI is InChI=1S/C27H18F7N5O2/c1-14-3-2-4-20(38-14)41-19-10-9-17(11-18(19)28)39-23(15-5-7-16(35)8-6-15)21(27(32,33)34)22-24(39)25(37-13-36-22)40-12-26(29,30)31/h2-11,13H,12,35H2,1H3. The summed E-state index contributed by atoms with van der Waals surface area (Å²) in [6, 6.07) is 13.3. The summed E-state index contributed by atoms with van der Waals surface area (Å²) < 4.78 is 109. The normalized spacial score (nSPS) is 12.1. The summed E-state index contributed by atoms with van der Waals surface area (Å²) in [7, 11) is 0. The Morgan fingerprint density at radius 2 is 1.66 bits per heavy atom. The average molecular weight is 577 g/mol. The highest BCUT2D eigenvalue weighted by Gasteiger charge is 2.42. The van der Waals surface area contributed by atoms with Gasteiger partial charge in [0.05, 0.1) is 5.69 Å². The molecule has 0 aliphatic carbocycles.